The third kappa shape index (κ3) is 4.24. The molecule has 2 nitrogen and oxygen atoms in total. The molecule has 0 aliphatic heterocycles. The van der Waals surface area contributed by atoms with Gasteiger partial charge in [0.1, 0.15) is 0 Å². The van der Waals surface area contributed by atoms with Crippen LogP contribution in [0.15, 0.2) is 170 Å². The van der Waals surface area contributed by atoms with E-state index in [-0.39, 0.29) is 0 Å². The van der Waals surface area contributed by atoms with Gasteiger partial charge in [-0.2, -0.15) is 0 Å². The lowest BCUT2D eigenvalue weighted by molar-refractivity contribution is 1.13. The zero-order valence-electron chi connectivity index (χ0n) is 24.5. The van der Waals surface area contributed by atoms with Crippen molar-refractivity contribution in [1.82, 2.24) is 4.57 Å². The maximum Gasteiger partial charge on any atom is 0.0621 e. The van der Waals surface area contributed by atoms with Crippen molar-refractivity contribution in [1.29, 1.82) is 0 Å². The highest BCUT2D eigenvalue weighted by Gasteiger charge is 2.18. The summed E-state index contributed by atoms with van der Waals surface area (Å²) in [5, 5.41) is 6.47. The molecule has 0 atom stereocenters. The Morgan fingerprint density at radius 3 is 1.80 bits per heavy atom. The molecule has 0 unspecified atom stereocenters. The number of benzene rings is 7. The number of rotatable bonds is 5. The van der Waals surface area contributed by atoms with Crippen LogP contribution in [0.1, 0.15) is 0 Å². The lowest BCUT2D eigenvalue weighted by atomic mass is 9.94. The molecule has 212 valence electrons. The zero-order valence-corrected chi connectivity index (χ0v) is 25.3. The van der Waals surface area contributed by atoms with E-state index in [2.05, 4.69) is 179 Å². The first-order valence-corrected chi connectivity index (χ1v) is 16.1. The lowest BCUT2D eigenvalue weighted by Gasteiger charge is -2.25. The quantitative estimate of drug-likeness (QED) is 0.193. The molecular weight excluding hydrogens is 565 g/mol. The summed E-state index contributed by atoms with van der Waals surface area (Å²) in [5.74, 6) is 0. The highest BCUT2D eigenvalue weighted by molar-refractivity contribution is 7.26. The Bertz CT molecular complexity index is 2420. The van der Waals surface area contributed by atoms with Crippen molar-refractivity contribution in [3.05, 3.63) is 170 Å². The lowest BCUT2D eigenvalue weighted by Crippen LogP contribution is -2.09. The number of aromatic nitrogens is 1. The number of hydrogen-bond acceptors (Lipinski definition) is 2. The third-order valence-corrected chi connectivity index (χ3v) is 9.99. The predicted octanol–water partition coefficient (Wildman–Crippen LogP) is 12.3. The number of anilines is 3. The van der Waals surface area contributed by atoms with Crippen LogP contribution in [-0.4, -0.2) is 4.57 Å². The molecule has 2 aromatic heterocycles. The summed E-state index contributed by atoms with van der Waals surface area (Å²) in [6.07, 6.45) is 2.22. The summed E-state index contributed by atoms with van der Waals surface area (Å²) in [4.78, 5) is 2.31. The van der Waals surface area contributed by atoms with Crippen LogP contribution in [0.5, 0.6) is 0 Å². The molecule has 7 aromatic carbocycles. The zero-order chi connectivity index (χ0) is 29.7. The molecule has 0 spiro atoms. The minimum atomic E-state index is 1.13. The largest absolute Gasteiger partial charge is 0.316 e. The standard InChI is InChI=1S/C42H28N2S/c1-4-12-31(13-5-1)43-27-26-30-28-38(36-24-25-37-35-18-10-11-19-39(35)45-42(37)40(36)41(30)43)29-20-22-34(23-21-29)44(32-14-6-2-7-15-32)33-16-8-3-9-17-33/h1-28H. The average Bonchev–Trinajstić information content (AvgIpc) is 3.72. The van der Waals surface area contributed by atoms with E-state index in [1.54, 1.807) is 0 Å². The van der Waals surface area contributed by atoms with Crippen molar-refractivity contribution in [2.45, 2.75) is 0 Å². The molecule has 9 rings (SSSR count). The number of para-hydroxylation sites is 3. The van der Waals surface area contributed by atoms with Gasteiger partial charge in [0.2, 0.25) is 0 Å². The van der Waals surface area contributed by atoms with Crippen molar-refractivity contribution in [2.75, 3.05) is 4.90 Å². The van der Waals surface area contributed by atoms with E-state index in [0.717, 1.165) is 17.1 Å². The molecule has 0 amide bonds. The van der Waals surface area contributed by atoms with Crippen molar-refractivity contribution < 1.29 is 0 Å². The van der Waals surface area contributed by atoms with Gasteiger partial charge < -0.3 is 9.47 Å². The molecule has 0 aliphatic carbocycles. The van der Waals surface area contributed by atoms with Crippen LogP contribution in [0, 0.1) is 0 Å². The maximum atomic E-state index is 2.37. The van der Waals surface area contributed by atoms with Gasteiger partial charge in [-0.15, -0.1) is 11.3 Å². The van der Waals surface area contributed by atoms with Gasteiger partial charge in [-0.25, -0.2) is 0 Å². The highest BCUT2D eigenvalue weighted by Crippen LogP contribution is 2.45. The van der Waals surface area contributed by atoms with Gasteiger partial charge in [0.15, 0.2) is 0 Å². The van der Waals surface area contributed by atoms with E-state index in [0.29, 0.717) is 0 Å². The monoisotopic (exact) mass is 592 g/mol. The normalized spacial score (nSPS) is 11.6. The van der Waals surface area contributed by atoms with Crippen LogP contribution in [0.2, 0.25) is 0 Å². The topological polar surface area (TPSA) is 8.17 Å². The maximum absolute atomic E-state index is 2.37. The Hall–Kier alpha value is -5.64. The third-order valence-electron chi connectivity index (χ3n) is 8.79. The molecule has 0 saturated heterocycles. The molecule has 0 bridgehead atoms. The number of nitrogens with zero attached hydrogens (tertiary/aromatic N) is 2. The van der Waals surface area contributed by atoms with Gasteiger partial charge >= 0.3 is 0 Å². The van der Waals surface area contributed by atoms with E-state index in [4.69, 9.17) is 0 Å². The number of fused-ring (bicyclic) bond motifs is 7. The Morgan fingerprint density at radius 2 is 1.09 bits per heavy atom. The fourth-order valence-electron chi connectivity index (χ4n) is 6.74. The minimum Gasteiger partial charge on any atom is -0.316 e. The first-order chi connectivity index (χ1) is 22.3. The average molecular weight is 593 g/mol. The van der Waals surface area contributed by atoms with Gasteiger partial charge in [0.25, 0.3) is 0 Å². The predicted molar refractivity (Wildman–Crippen MR) is 194 cm³/mol. The first-order valence-electron chi connectivity index (χ1n) is 15.3. The molecule has 2 heterocycles. The smallest absolute Gasteiger partial charge is 0.0621 e. The van der Waals surface area contributed by atoms with Crippen molar-refractivity contribution in [3.63, 3.8) is 0 Å². The number of hydrogen-bond donors (Lipinski definition) is 0. The number of thiophene rings is 1. The molecule has 0 aliphatic rings. The fourth-order valence-corrected chi connectivity index (χ4v) is 8.00. The summed E-state index contributed by atoms with van der Waals surface area (Å²) in [7, 11) is 0. The Morgan fingerprint density at radius 1 is 0.489 bits per heavy atom. The van der Waals surface area contributed by atoms with Crippen LogP contribution in [0.25, 0.3) is 58.7 Å². The van der Waals surface area contributed by atoms with Gasteiger partial charge in [-0.1, -0.05) is 97.1 Å². The summed E-state index contributed by atoms with van der Waals surface area (Å²) in [5.41, 5.74) is 8.29. The van der Waals surface area contributed by atoms with Crippen LogP contribution < -0.4 is 4.90 Å². The molecule has 0 fully saturated rings. The van der Waals surface area contributed by atoms with Crippen molar-refractivity contribution in [2.24, 2.45) is 0 Å². The summed E-state index contributed by atoms with van der Waals surface area (Å²) in [6, 6.07) is 59.0. The highest BCUT2D eigenvalue weighted by atomic mass is 32.1. The van der Waals surface area contributed by atoms with Crippen molar-refractivity contribution in [3.8, 4) is 16.8 Å². The second-order valence-corrected chi connectivity index (χ2v) is 12.5. The molecule has 0 saturated carbocycles. The van der Waals surface area contributed by atoms with Crippen LogP contribution in [0.4, 0.5) is 17.1 Å². The SMILES string of the molecule is c1ccc(N(c2ccccc2)c2ccc(-c3cc4ccn(-c5ccccc5)c4c4c3ccc3c5ccccc5sc34)cc2)cc1. The van der Waals surface area contributed by atoms with Gasteiger partial charge in [-0.05, 0) is 83.2 Å². The van der Waals surface area contributed by atoms with Gasteiger partial charge in [0, 0.05) is 59.9 Å². The fraction of sp³-hybridized carbons (Fsp3) is 0. The summed E-state index contributed by atoms with van der Waals surface area (Å²) in [6.45, 7) is 0. The Labute approximate surface area is 265 Å². The van der Waals surface area contributed by atoms with Crippen LogP contribution in [-0.2, 0) is 0 Å². The molecule has 0 radical (unpaired) electrons. The summed E-state index contributed by atoms with van der Waals surface area (Å²) >= 11 is 1.90. The van der Waals surface area contributed by atoms with E-state index in [9.17, 15) is 0 Å². The van der Waals surface area contributed by atoms with Crippen LogP contribution >= 0.6 is 11.3 Å². The molecule has 0 N–H and O–H groups in total. The van der Waals surface area contributed by atoms with Gasteiger partial charge in [-0.3, -0.25) is 0 Å². The second-order valence-electron chi connectivity index (χ2n) is 11.4. The van der Waals surface area contributed by atoms with Crippen molar-refractivity contribution >= 4 is 70.2 Å². The minimum absolute atomic E-state index is 1.13. The molecule has 45 heavy (non-hydrogen) atoms. The molecule has 3 heteroatoms. The van der Waals surface area contributed by atoms with E-state index < -0.39 is 0 Å². The Kier molecular flexibility index (Phi) is 6.03. The van der Waals surface area contributed by atoms with E-state index in [1.807, 2.05) is 11.3 Å². The molecular formula is C42H28N2S. The summed E-state index contributed by atoms with van der Waals surface area (Å²) < 4.78 is 5.02. The van der Waals surface area contributed by atoms with Crippen LogP contribution in [0.3, 0.4) is 0 Å². The molecule has 9 aromatic rings. The van der Waals surface area contributed by atoms with Gasteiger partial charge in [0.05, 0.1) is 5.52 Å². The van der Waals surface area contributed by atoms with E-state index >= 15 is 0 Å². The first kappa shape index (κ1) is 25.8. The van der Waals surface area contributed by atoms with E-state index in [1.165, 1.54) is 58.7 Å². The Balaban J connectivity index is 1.28. The second kappa shape index (κ2) is 10.5.